The Morgan fingerprint density at radius 1 is 0.897 bits per heavy atom. The smallest absolute Gasteiger partial charge is 0.412 e. The molecule has 1 N–H and O–H groups in total. The van der Waals surface area contributed by atoms with Crippen LogP contribution in [0.5, 0.6) is 0 Å². The van der Waals surface area contributed by atoms with Gasteiger partial charge in [0.05, 0.1) is 5.69 Å². The van der Waals surface area contributed by atoms with Gasteiger partial charge in [0.15, 0.2) is 0 Å². The van der Waals surface area contributed by atoms with Crippen molar-refractivity contribution in [3.63, 3.8) is 0 Å². The highest BCUT2D eigenvalue weighted by Crippen LogP contribution is 2.26. The summed E-state index contributed by atoms with van der Waals surface area (Å²) in [6.45, 7) is 8.80. The molecule has 2 nitrogen and oxygen atoms in total. The first-order valence-electron chi connectivity index (χ1n) is 10.5. The number of hydrogen-bond acceptors (Lipinski definition) is 2. The summed E-state index contributed by atoms with van der Waals surface area (Å²) in [6.07, 6.45) is 2.04. The maximum atomic E-state index is 4.85. The molecule has 29 heavy (non-hydrogen) atoms. The van der Waals surface area contributed by atoms with E-state index in [0.717, 1.165) is 11.0 Å². The third-order valence-corrected chi connectivity index (χ3v) is 7.19. The summed E-state index contributed by atoms with van der Waals surface area (Å²) in [6, 6.07) is 23.6. The van der Waals surface area contributed by atoms with Gasteiger partial charge in [-0.2, -0.15) is 0 Å². The van der Waals surface area contributed by atoms with Crippen LogP contribution in [0, 0.1) is 13.8 Å². The van der Waals surface area contributed by atoms with Crippen molar-refractivity contribution in [2.45, 2.75) is 44.7 Å². The molecule has 0 unspecified atom stereocenters. The van der Waals surface area contributed by atoms with E-state index >= 15 is 0 Å². The first-order valence-corrected chi connectivity index (χ1v) is 13.0. The molecule has 148 valence electrons. The van der Waals surface area contributed by atoms with Crippen LogP contribution in [0.3, 0.4) is 0 Å². The molecule has 0 radical (unpaired) electrons. The van der Waals surface area contributed by atoms with E-state index in [1.807, 2.05) is 6.21 Å². The van der Waals surface area contributed by atoms with Crippen molar-refractivity contribution in [2.75, 3.05) is 4.30 Å². The number of nitrogens with zero attached hydrogens (tertiary/aromatic N) is 1. The molecule has 0 aliphatic carbocycles. The fraction of sp³-hybridized carbons (Fsp3) is 0.269. The summed E-state index contributed by atoms with van der Waals surface area (Å²) >= 11 is -1.18. The summed E-state index contributed by atoms with van der Waals surface area (Å²) in [7, 11) is 0. The Bertz CT molecular complexity index is 971. The van der Waals surface area contributed by atoms with Crippen LogP contribution in [0.25, 0.3) is 0 Å². The van der Waals surface area contributed by atoms with Crippen molar-refractivity contribution in [1.29, 1.82) is 0 Å². The Morgan fingerprint density at radius 2 is 1.55 bits per heavy atom. The van der Waals surface area contributed by atoms with Crippen LogP contribution in [0.2, 0.25) is 5.79 Å². The largest absolute Gasteiger partial charge is 0.476 e. The molecule has 0 aliphatic rings. The highest BCUT2D eigenvalue weighted by molar-refractivity contribution is 6.60. The molecule has 0 saturated heterocycles. The number of aryl methyl sites for hydroxylation is 2. The van der Waals surface area contributed by atoms with Crippen LogP contribution in [0.4, 0.5) is 11.4 Å². The van der Waals surface area contributed by atoms with E-state index in [0.29, 0.717) is 5.92 Å². The summed E-state index contributed by atoms with van der Waals surface area (Å²) < 4.78 is 3.85. The lowest BCUT2D eigenvalue weighted by molar-refractivity contribution is 0.867. The van der Waals surface area contributed by atoms with Crippen molar-refractivity contribution in [2.24, 2.45) is 4.99 Å². The fourth-order valence-corrected chi connectivity index (χ4v) is 5.83. The van der Waals surface area contributed by atoms with E-state index in [1.165, 1.54) is 33.5 Å². The minimum Gasteiger partial charge on any atom is -0.476 e. The molecule has 0 spiro atoms. The molecule has 3 aromatic carbocycles. The highest BCUT2D eigenvalue weighted by Gasteiger charge is 2.16. The molecule has 3 heteroatoms. The third-order valence-electron chi connectivity index (χ3n) is 5.35. The Morgan fingerprint density at radius 3 is 2.28 bits per heavy atom. The normalized spacial score (nSPS) is 11.2. The zero-order valence-corrected chi connectivity index (χ0v) is 19.4. The molecule has 0 fully saturated rings. The first-order chi connectivity index (χ1) is 14.0. The Labute approximate surface area is 180 Å². The number of anilines is 1. The van der Waals surface area contributed by atoms with Crippen LogP contribution >= 0.6 is 0 Å². The van der Waals surface area contributed by atoms with Gasteiger partial charge in [0.2, 0.25) is 0 Å². The average Bonchev–Trinajstić information content (AvgIpc) is 2.70. The predicted molar refractivity (Wildman–Crippen MR) is 129 cm³/mol. The minimum atomic E-state index is -1.18. The van der Waals surface area contributed by atoms with Gasteiger partial charge in [-0.25, -0.2) is 0 Å². The molecular weight excluding hydrogens is 367 g/mol. The second-order valence-electron chi connectivity index (χ2n) is 8.19. The molecule has 0 atom stereocenters. The summed E-state index contributed by atoms with van der Waals surface area (Å²) in [5.41, 5.74) is 8.90. The molecule has 3 rings (SSSR count). The molecule has 3 aromatic rings. The Balaban J connectivity index is 1.79. The Kier molecular flexibility index (Phi) is 7.31. The molecule has 0 amide bonds. The SMILES string of the molecule is Cc1cccc(C)c1[NH][Al]([CH3])[CH2]c1ccccc1C=Nc1ccccc1C(C)C. The average molecular weight is 399 g/mol. The highest BCUT2D eigenvalue weighted by atomic mass is 27.2. The second kappa shape index (κ2) is 9.92. The van der Waals surface area contributed by atoms with E-state index in [2.05, 4.69) is 105 Å². The number of nitrogens with one attached hydrogen (secondary N) is 1. The van der Waals surface area contributed by atoms with E-state index in [4.69, 9.17) is 4.99 Å². The number of rotatable bonds is 7. The van der Waals surface area contributed by atoms with Crippen LogP contribution in [-0.4, -0.2) is 20.6 Å². The van der Waals surface area contributed by atoms with E-state index in [-0.39, 0.29) is 0 Å². The molecule has 0 aromatic heterocycles. The van der Waals surface area contributed by atoms with Gasteiger partial charge in [-0.1, -0.05) is 85.9 Å². The van der Waals surface area contributed by atoms with Crippen molar-refractivity contribution in [3.05, 3.63) is 94.5 Å². The van der Waals surface area contributed by atoms with E-state index < -0.39 is 14.4 Å². The van der Waals surface area contributed by atoms with Gasteiger partial charge >= 0.3 is 14.4 Å². The van der Waals surface area contributed by atoms with Gasteiger partial charge in [0, 0.05) is 11.9 Å². The van der Waals surface area contributed by atoms with Gasteiger partial charge in [-0.05, 0) is 53.4 Å². The molecule has 0 aliphatic heterocycles. The molecule has 0 saturated carbocycles. The van der Waals surface area contributed by atoms with Crippen LogP contribution in [0.15, 0.2) is 71.7 Å². The lowest BCUT2D eigenvalue weighted by Gasteiger charge is -2.17. The molecule has 0 heterocycles. The maximum absolute atomic E-state index is 4.85. The quantitative estimate of drug-likeness (QED) is 0.336. The van der Waals surface area contributed by atoms with E-state index in [9.17, 15) is 0 Å². The second-order valence-corrected chi connectivity index (χ2v) is 10.7. The van der Waals surface area contributed by atoms with Gasteiger partial charge < -0.3 is 4.30 Å². The fourth-order valence-electron chi connectivity index (χ4n) is 3.75. The summed E-state index contributed by atoms with van der Waals surface area (Å²) in [4.78, 5) is 4.85. The minimum absolute atomic E-state index is 0.465. The number of para-hydroxylation sites is 2. The zero-order chi connectivity index (χ0) is 20.8. The third kappa shape index (κ3) is 5.60. The lowest BCUT2D eigenvalue weighted by atomic mass is 10.0. The van der Waals surface area contributed by atoms with E-state index in [1.54, 1.807) is 0 Å². The van der Waals surface area contributed by atoms with Gasteiger partial charge in [0.25, 0.3) is 0 Å². The topological polar surface area (TPSA) is 24.4 Å². The Hall–Kier alpha value is -2.34. The summed E-state index contributed by atoms with van der Waals surface area (Å²) in [5.74, 6) is 2.85. The monoisotopic (exact) mass is 398 g/mol. The first kappa shape index (κ1) is 21.4. The lowest BCUT2D eigenvalue weighted by Crippen LogP contribution is -2.25. The zero-order valence-electron chi connectivity index (χ0n) is 18.2. The standard InChI is InChI=1S/C17H18N.C8H10N.CH3.Al/c1-13(2)16-10-6-7-11-17(16)18-12-15-9-5-4-8-14(15)3;1-6-4-3-5-7(2)8(6)9;;/h4-13H,3H2,1-2H3;3-5,9H,1-2H3;1H3;/q;-1;;+1. The number of benzene rings is 3. The van der Waals surface area contributed by atoms with Crippen molar-refractivity contribution in [3.8, 4) is 0 Å². The van der Waals surface area contributed by atoms with Gasteiger partial charge in [-0.15, -0.1) is 0 Å². The maximum Gasteiger partial charge on any atom is 0.412 e. The van der Waals surface area contributed by atoms with Crippen LogP contribution in [-0.2, 0) is 5.28 Å². The number of aliphatic imine (C=N–C) groups is 1. The molecule has 0 bridgehead atoms. The summed E-state index contributed by atoms with van der Waals surface area (Å²) in [5, 5.41) is 1.09. The van der Waals surface area contributed by atoms with Gasteiger partial charge in [0.1, 0.15) is 0 Å². The molecular formula is C26H31AlN2. The van der Waals surface area contributed by atoms with Gasteiger partial charge in [-0.3, -0.25) is 4.99 Å². The van der Waals surface area contributed by atoms with Crippen molar-refractivity contribution >= 4 is 32.0 Å². The predicted octanol–water partition coefficient (Wildman–Crippen LogP) is 6.99. The van der Waals surface area contributed by atoms with Crippen molar-refractivity contribution in [1.82, 2.24) is 0 Å². The van der Waals surface area contributed by atoms with Crippen LogP contribution in [0.1, 0.15) is 47.6 Å². The van der Waals surface area contributed by atoms with Crippen LogP contribution < -0.4 is 4.30 Å². The number of hydrogen-bond donors (Lipinski definition) is 1. The van der Waals surface area contributed by atoms with Crippen molar-refractivity contribution < 1.29 is 0 Å².